The van der Waals surface area contributed by atoms with Crippen LogP contribution in [-0.4, -0.2) is 19.7 Å². The molecule has 0 heterocycles. The van der Waals surface area contributed by atoms with E-state index in [4.69, 9.17) is 15.2 Å². The second kappa shape index (κ2) is 6.13. The van der Waals surface area contributed by atoms with Crippen molar-refractivity contribution in [3.63, 3.8) is 0 Å². The second-order valence-corrected chi connectivity index (χ2v) is 4.07. The van der Waals surface area contributed by atoms with E-state index >= 15 is 0 Å². The number of methoxy groups -OCH3 is 1. The number of hydrogen-bond donors (Lipinski definition) is 1. The molecule has 0 aliphatic heterocycles. The molecule has 0 spiro atoms. The van der Waals surface area contributed by atoms with E-state index in [0.717, 1.165) is 6.42 Å². The van der Waals surface area contributed by atoms with Gasteiger partial charge in [-0.15, -0.1) is 0 Å². The summed E-state index contributed by atoms with van der Waals surface area (Å²) >= 11 is 0. The van der Waals surface area contributed by atoms with Gasteiger partial charge in [-0.2, -0.15) is 0 Å². The van der Waals surface area contributed by atoms with Gasteiger partial charge in [0.1, 0.15) is 11.3 Å². The SMILES string of the molecule is CCC(C)COc1ccc(N)cc1C(=O)OC. The Kier molecular flexibility index (Phi) is 4.82. The highest BCUT2D eigenvalue weighted by atomic mass is 16.5. The predicted octanol–water partition coefficient (Wildman–Crippen LogP) is 2.48. The van der Waals surface area contributed by atoms with Crippen LogP contribution < -0.4 is 10.5 Å². The quantitative estimate of drug-likeness (QED) is 0.631. The van der Waals surface area contributed by atoms with Crippen LogP contribution in [0.3, 0.4) is 0 Å². The van der Waals surface area contributed by atoms with E-state index in [1.807, 2.05) is 0 Å². The van der Waals surface area contributed by atoms with Crippen LogP contribution in [0.4, 0.5) is 5.69 Å². The normalized spacial score (nSPS) is 11.9. The molecule has 17 heavy (non-hydrogen) atoms. The number of hydrogen-bond acceptors (Lipinski definition) is 4. The van der Waals surface area contributed by atoms with Gasteiger partial charge in [0.2, 0.25) is 0 Å². The van der Waals surface area contributed by atoms with Gasteiger partial charge in [0.25, 0.3) is 0 Å². The van der Waals surface area contributed by atoms with E-state index in [9.17, 15) is 4.79 Å². The molecule has 1 aromatic carbocycles. The number of ether oxygens (including phenoxy) is 2. The zero-order chi connectivity index (χ0) is 12.8. The number of carbonyl (C=O) groups excluding carboxylic acids is 1. The van der Waals surface area contributed by atoms with Gasteiger partial charge in [-0.3, -0.25) is 0 Å². The van der Waals surface area contributed by atoms with Crippen molar-refractivity contribution in [2.45, 2.75) is 20.3 Å². The summed E-state index contributed by atoms with van der Waals surface area (Å²) in [5, 5.41) is 0. The summed E-state index contributed by atoms with van der Waals surface area (Å²) in [6.07, 6.45) is 1.03. The lowest BCUT2D eigenvalue weighted by Crippen LogP contribution is -2.11. The molecule has 1 rings (SSSR count). The highest BCUT2D eigenvalue weighted by Crippen LogP contribution is 2.23. The van der Waals surface area contributed by atoms with Crippen LogP contribution in [0, 0.1) is 5.92 Å². The number of nitrogen functional groups attached to an aromatic ring is 1. The van der Waals surface area contributed by atoms with E-state index in [1.54, 1.807) is 18.2 Å². The largest absolute Gasteiger partial charge is 0.492 e. The third kappa shape index (κ3) is 3.66. The average Bonchev–Trinajstić information content (AvgIpc) is 2.35. The van der Waals surface area contributed by atoms with E-state index in [-0.39, 0.29) is 0 Å². The second-order valence-electron chi connectivity index (χ2n) is 4.07. The fourth-order valence-corrected chi connectivity index (χ4v) is 1.29. The molecule has 0 aliphatic rings. The number of nitrogens with two attached hydrogens (primary N) is 1. The third-order valence-electron chi connectivity index (χ3n) is 2.63. The number of esters is 1. The Labute approximate surface area is 102 Å². The molecule has 0 saturated carbocycles. The Balaban J connectivity index is 2.86. The molecule has 0 radical (unpaired) electrons. The fourth-order valence-electron chi connectivity index (χ4n) is 1.29. The number of carbonyl (C=O) groups is 1. The molecule has 0 fully saturated rings. The molecule has 0 saturated heterocycles. The summed E-state index contributed by atoms with van der Waals surface area (Å²) in [7, 11) is 1.34. The lowest BCUT2D eigenvalue weighted by Gasteiger charge is -2.13. The molecule has 0 bridgehead atoms. The van der Waals surface area contributed by atoms with E-state index in [0.29, 0.717) is 29.5 Å². The summed E-state index contributed by atoms with van der Waals surface area (Å²) in [5.41, 5.74) is 6.52. The van der Waals surface area contributed by atoms with Gasteiger partial charge in [0.05, 0.1) is 13.7 Å². The van der Waals surface area contributed by atoms with Crippen LogP contribution in [0.15, 0.2) is 18.2 Å². The first-order valence-corrected chi connectivity index (χ1v) is 5.69. The summed E-state index contributed by atoms with van der Waals surface area (Å²) in [6.45, 7) is 4.76. The molecule has 1 unspecified atom stereocenters. The Bertz CT molecular complexity index is 390. The van der Waals surface area contributed by atoms with Crippen LogP contribution in [-0.2, 0) is 4.74 Å². The molecule has 94 valence electrons. The first-order valence-electron chi connectivity index (χ1n) is 5.69. The molecule has 2 N–H and O–H groups in total. The molecule has 0 amide bonds. The van der Waals surface area contributed by atoms with Crippen LogP contribution in [0.5, 0.6) is 5.75 Å². The molecule has 1 aromatic rings. The van der Waals surface area contributed by atoms with Crippen molar-refractivity contribution in [1.29, 1.82) is 0 Å². The maximum atomic E-state index is 11.5. The van der Waals surface area contributed by atoms with Gasteiger partial charge >= 0.3 is 5.97 Å². The zero-order valence-electron chi connectivity index (χ0n) is 10.5. The minimum absolute atomic E-state index is 0.371. The van der Waals surface area contributed by atoms with Gasteiger partial charge in [-0.05, 0) is 24.1 Å². The number of anilines is 1. The first-order chi connectivity index (χ1) is 8.08. The van der Waals surface area contributed by atoms with Crippen molar-refractivity contribution in [2.75, 3.05) is 19.5 Å². The standard InChI is InChI=1S/C13H19NO3/c1-4-9(2)8-17-12-6-5-10(14)7-11(12)13(15)16-3/h5-7,9H,4,8,14H2,1-3H3. The average molecular weight is 237 g/mol. The van der Waals surface area contributed by atoms with Crippen molar-refractivity contribution in [3.05, 3.63) is 23.8 Å². The van der Waals surface area contributed by atoms with Crippen LogP contribution in [0.25, 0.3) is 0 Å². The van der Waals surface area contributed by atoms with E-state index in [2.05, 4.69) is 13.8 Å². The minimum atomic E-state index is -0.434. The molecule has 0 aromatic heterocycles. The molecule has 4 heteroatoms. The van der Waals surface area contributed by atoms with E-state index in [1.165, 1.54) is 7.11 Å². The van der Waals surface area contributed by atoms with Crippen molar-refractivity contribution in [1.82, 2.24) is 0 Å². The fraction of sp³-hybridized carbons (Fsp3) is 0.462. The van der Waals surface area contributed by atoms with Gasteiger partial charge in [-0.25, -0.2) is 4.79 Å². The van der Waals surface area contributed by atoms with Crippen molar-refractivity contribution >= 4 is 11.7 Å². The molecule has 1 atom stereocenters. The summed E-state index contributed by atoms with van der Waals surface area (Å²) in [5.74, 6) is 0.529. The lowest BCUT2D eigenvalue weighted by molar-refractivity contribution is 0.0595. The number of rotatable bonds is 5. The Hall–Kier alpha value is -1.71. The third-order valence-corrected chi connectivity index (χ3v) is 2.63. The summed E-state index contributed by atoms with van der Waals surface area (Å²) < 4.78 is 10.3. The van der Waals surface area contributed by atoms with Gasteiger partial charge in [0, 0.05) is 5.69 Å². The predicted molar refractivity (Wildman–Crippen MR) is 67.1 cm³/mol. The van der Waals surface area contributed by atoms with Gasteiger partial charge in [0.15, 0.2) is 0 Å². The summed E-state index contributed by atoms with van der Waals surface area (Å²) in [4.78, 5) is 11.5. The number of benzene rings is 1. The van der Waals surface area contributed by atoms with Crippen LogP contribution in [0.2, 0.25) is 0 Å². The van der Waals surface area contributed by atoms with E-state index < -0.39 is 5.97 Å². The lowest BCUT2D eigenvalue weighted by atomic mass is 10.1. The van der Waals surface area contributed by atoms with Crippen molar-refractivity contribution in [2.24, 2.45) is 5.92 Å². The molecule has 0 aliphatic carbocycles. The highest BCUT2D eigenvalue weighted by Gasteiger charge is 2.14. The Morgan fingerprint density at radius 2 is 2.18 bits per heavy atom. The maximum absolute atomic E-state index is 11.5. The monoisotopic (exact) mass is 237 g/mol. The van der Waals surface area contributed by atoms with Crippen molar-refractivity contribution in [3.8, 4) is 5.75 Å². The smallest absolute Gasteiger partial charge is 0.341 e. The Morgan fingerprint density at radius 1 is 1.47 bits per heavy atom. The molecule has 4 nitrogen and oxygen atoms in total. The zero-order valence-corrected chi connectivity index (χ0v) is 10.5. The summed E-state index contributed by atoms with van der Waals surface area (Å²) in [6, 6.07) is 4.97. The molecular weight excluding hydrogens is 218 g/mol. The van der Waals surface area contributed by atoms with Crippen LogP contribution in [0.1, 0.15) is 30.6 Å². The highest BCUT2D eigenvalue weighted by molar-refractivity contribution is 5.93. The molecular formula is C13H19NO3. The maximum Gasteiger partial charge on any atom is 0.341 e. The van der Waals surface area contributed by atoms with Crippen molar-refractivity contribution < 1.29 is 14.3 Å². The topological polar surface area (TPSA) is 61.5 Å². The Morgan fingerprint density at radius 3 is 2.76 bits per heavy atom. The first kappa shape index (κ1) is 13.4. The van der Waals surface area contributed by atoms with Crippen LogP contribution >= 0.6 is 0 Å². The van der Waals surface area contributed by atoms with Gasteiger partial charge in [-0.1, -0.05) is 20.3 Å². The minimum Gasteiger partial charge on any atom is -0.492 e. The van der Waals surface area contributed by atoms with Gasteiger partial charge < -0.3 is 15.2 Å².